The van der Waals surface area contributed by atoms with Gasteiger partial charge in [-0.1, -0.05) is 6.92 Å². The van der Waals surface area contributed by atoms with Crippen LogP contribution in [0, 0.1) is 0 Å². The topological polar surface area (TPSA) is 98.8 Å². The van der Waals surface area contributed by atoms with E-state index < -0.39 is 0 Å². The summed E-state index contributed by atoms with van der Waals surface area (Å²) in [6.07, 6.45) is 2.08. The SMILES string of the molecule is CCC(OC)n1cnc2c(=O)[nH]c(N)nc21. The van der Waals surface area contributed by atoms with Gasteiger partial charge in [-0.25, -0.2) is 4.98 Å². The van der Waals surface area contributed by atoms with Crippen LogP contribution in [0.25, 0.3) is 11.2 Å². The molecule has 2 aromatic rings. The molecule has 0 saturated heterocycles. The third-order valence-corrected chi connectivity index (χ3v) is 2.38. The van der Waals surface area contributed by atoms with Gasteiger partial charge in [0.2, 0.25) is 5.95 Å². The molecule has 0 radical (unpaired) electrons. The first-order valence-corrected chi connectivity index (χ1v) is 4.92. The van der Waals surface area contributed by atoms with Gasteiger partial charge < -0.3 is 10.5 Å². The summed E-state index contributed by atoms with van der Waals surface area (Å²) in [6, 6.07) is 0. The molecule has 3 N–H and O–H groups in total. The van der Waals surface area contributed by atoms with E-state index in [1.54, 1.807) is 11.7 Å². The number of nitrogens with zero attached hydrogens (tertiary/aromatic N) is 3. The number of methoxy groups -OCH3 is 1. The molecule has 1 unspecified atom stereocenters. The number of H-pyrrole nitrogens is 1. The molecule has 16 heavy (non-hydrogen) atoms. The molecule has 0 aliphatic rings. The molecule has 0 aliphatic heterocycles. The lowest BCUT2D eigenvalue weighted by atomic mass is 10.4. The number of fused-ring (bicyclic) bond motifs is 1. The fourth-order valence-electron chi connectivity index (χ4n) is 1.63. The summed E-state index contributed by atoms with van der Waals surface area (Å²) in [5, 5.41) is 0. The Morgan fingerprint density at radius 1 is 1.69 bits per heavy atom. The van der Waals surface area contributed by atoms with E-state index in [0.29, 0.717) is 5.65 Å². The summed E-state index contributed by atoms with van der Waals surface area (Å²) in [4.78, 5) is 22.0. The molecule has 1 atom stereocenters. The number of rotatable bonds is 3. The highest BCUT2D eigenvalue weighted by Gasteiger charge is 2.14. The van der Waals surface area contributed by atoms with E-state index in [4.69, 9.17) is 10.5 Å². The van der Waals surface area contributed by atoms with Crippen molar-refractivity contribution in [3.8, 4) is 0 Å². The molecular formula is C9H13N5O2. The number of ether oxygens (including phenoxy) is 1. The van der Waals surface area contributed by atoms with Gasteiger partial charge in [0.15, 0.2) is 11.2 Å². The standard InChI is InChI=1S/C9H13N5O2/c1-3-5(16-2)14-4-11-6-7(14)12-9(10)13-8(6)15/h4-5H,3H2,1-2H3,(H3,10,12,13,15). The highest BCUT2D eigenvalue weighted by atomic mass is 16.5. The van der Waals surface area contributed by atoms with Crippen LogP contribution in [0.15, 0.2) is 11.1 Å². The Labute approximate surface area is 91.3 Å². The minimum Gasteiger partial charge on any atom is -0.369 e. The first kappa shape index (κ1) is 10.6. The summed E-state index contributed by atoms with van der Waals surface area (Å²) in [5.41, 5.74) is 5.85. The third-order valence-electron chi connectivity index (χ3n) is 2.38. The molecule has 0 aromatic carbocycles. The number of aromatic nitrogens is 4. The fraction of sp³-hybridized carbons (Fsp3) is 0.444. The minimum atomic E-state index is -0.341. The van der Waals surface area contributed by atoms with Crippen LogP contribution >= 0.6 is 0 Å². The maximum Gasteiger partial charge on any atom is 0.280 e. The highest BCUT2D eigenvalue weighted by molar-refractivity contribution is 5.70. The van der Waals surface area contributed by atoms with Crippen LogP contribution in [0.4, 0.5) is 5.95 Å². The number of hydrogen-bond acceptors (Lipinski definition) is 5. The third kappa shape index (κ3) is 1.54. The van der Waals surface area contributed by atoms with Crippen molar-refractivity contribution in [2.75, 3.05) is 12.8 Å². The van der Waals surface area contributed by atoms with Crippen molar-refractivity contribution < 1.29 is 4.74 Å². The molecular weight excluding hydrogens is 210 g/mol. The largest absolute Gasteiger partial charge is 0.369 e. The van der Waals surface area contributed by atoms with Crippen molar-refractivity contribution in [2.45, 2.75) is 19.6 Å². The van der Waals surface area contributed by atoms with Crippen LogP contribution in [0.3, 0.4) is 0 Å². The van der Waals surface area contributed by atoms with Crippen LogP contribution in [-0.4, -0.2) is 26.6 Å². The van der Waals surface area contributed by atoms with Crippen molar-refractivity contribution in [2.24, 2.45) is 0 Å². The lowest BCUT2D eigenvalue weighted by molar-refractivity contribution is 0.0438. The second kappa shape index (κ2) is 3.93. The number of anilines is 1. The Morgan fingerprint density at radius 3 is 3.06 bits per heavy atom. The number of nitrogen functional groups attached to an aromatic ring is 1. The zero-order valence-corrected chi connectivity index (χ0v) is 9.10. The minimum absolute atomic E-state index is 0.0743. The van der Waals surface area contributed by atoms with Gasteiger partial charge in [0.05, 0.1) is 6.33 Å². The van der Waals surface area contributed by atoms with Gasteiger partial charge in [-0.3, -0.25) is 14.3 Å². The van der Waals surface area contributed by atoms with E-state index in [1.807, 2.05) is 6.92 Å². The first-order valence-electron chi connectivity index (χ1n) is 4.92. The molecule has 2 aromatic heterocycles. The second-order valence-electron chi connectivity index (χ2n) is 3.37. The number of imidazole rings is 1. The van der Waals surface area contributed by atoms with E-state index in [2.05, 4.69) is 15.0 Å². The van der Waals surface area contributed by atoms with Gasteiger partial charge in [-0.2, -0.15) is 4.98 Å². The van der Waals surface area contributed by atoms with E-state index in [-0.39, 0.29) is 23.3 Å². The summed E-state index contributed by atoms with van der Waals surface area (Å²) in [6.45, 7) is 1.97. The van der Waals surface area contributed by atoms with E-state index in [0.717, 1.165) is 6.42 Å². The van der Waals surface area contributed by atoms with Crippen molar-refractivity contribution in [1.29, 1.82) is 0 Å². The van der Waals surface area contributed by atoms with Crippen molar-refractivity contribution in [3.05, 3.63) is 16.7 Å². The first-order chi connectivity index (χ1) is 7.67. The Balaban J connectivity index is 2.68. The number of nitrogens with two attached hydrogens (primary N) is 1. The van der Waals surface area contributed by atoms with Crippen LogP contribution in [-0.2, 0) is 4.74 Å². The maximum absolute atomic E-state index is 11.5. The van der Waals surface area contributed by atoms with Crippen molar-refractivity contribution >= 4 is 17.1 Å². The van der Waals surface area contributed by atoms with Crippen LogP contribution in [0.2, 0.25) is 0 Å². The summed E-state index contributed by atoms with van der Waals surface area (Å²) >= 11 is 0. The monoisotopic (exact) mass is 223 g/mol. The summed E-state index contributed by atoms with van der Waals surface area (Å²) < 4.78 is 6.96. The lowest BCUT2D eigenvalue weighted by Crippen LogP contribution is -2.14. The van der Waals surface area contributed by atoms with Gasteiger partial charge in [-0.15, -0.1) is 0 Å². The Hall–Kier alpha value is -1.89. The number of nitrogens with one attached hydrogen (secondary N) is 1. The normalized spacial score (nSPS) is 13.1. The molecule has 2 heterocycles. The lowest BCUT2D eigenvalue weighted by Gasteiger charge is -2.14. The summed E-state index contributed by atoms with van der Waals surface area (Å²) in [5.74, 6) is 0.0743. The molecule has 7 nitrogen and oxygen atoms in total. The molecule has 0 amide bonds. The predicted octanol–water partition coefficient (Wildman–Crippen LogP) is 0.257. The van der Waals surface area contributed by atoms with E-state index in [1.165, 1.54) is 6.33 Å². The van der Waals surface area contributed by atoms with Gasteiger partial charge in [-0.05, 0) is 6.42 Å². The van der Waals surface area contributed by atoms with Gasteiger partial charge in [0.1, 0.15) is 6.23 Å². The van der Waals surface area contributed by atoms with Crippen molar-refractivity contribution in [3.63, 3.8) is 0 Å². The smallest absolute Gasteiger partial charge is 0.280 e. The average molecular weight is 223 g/mol. The van der Waals surface area contributed by atoms with Crippen LogP contribution < -0.4 is 11.3 Å². The molecule has 0 saturated carbocycles. The van der Waals surface area contributed by atoms with Gasteiger partial charge >= 0.3 is 0 Å². The van der Waals surface area contributed by atoms with E-state index in [9.17, 15) is 4.79 Å². The Morgan fingerprint density at radius 2 is 2.44 bits per heavy atom. The zero-order valence-electron chi connectivity index (χ0n) is 9.10. The molecule has 0 spiro atoms. The Kier molecular flexibility index (Phi) is 2.61. The van der Waals surface area contributed by atoms with Gasteiger partial charge in [0, 0.05) is 7.11 Å². The van der Waals surface area contributed by atoms with Crippen LogP contribution in [0.1, 0.15) is 19.6 Å². The molecule has 86 valence electrons. The second-order valence-corrected chi connectivity index (χ2v) is 3.37. The highest BCUT2D eigenvalue weighted by Crippen LogP contribution is 2.16. The quantitative estimate of drug-likeness (QED) is 0.777. The maximum atomic E-state index is 11.5. The fourth-order valence-corrected chi connectivity index (χ4v) is 1.63. The molecule has 0 fully saturated rings. The van der Waals surface area contributed by atoms with Crippen molar-refractivity contribution in [1.82, 2.24) is 19.5 Å². The zero-order chi connectivity index (χ0) is 11.7. The van der Waals surface area contributed by atoms with Gasteiger partial charge in [0.25, 0.3) is 5.56 Å². The molecule has 2 rings (SSSR count). The number of hydrogen-bond donors (Lipinski definition) is 2. The van der Waals surface area contributed by atoms with E-state index >= 15 is 0 Å². The number of aromatic amines is 1. The molecule has 7 heteroatoms. The summed E-state index contributed by atoms with van der Waals surface area (Å²) in [7, 11) is 1.59. The Bertz CT molecular complexity index is 555. The average Bonchev–Trinajstić information content (AvgIpc) is 2.64. The molecule has 0 aliphatic carbocycles. The van der Waals surface area contributed by atoms with Crippen LogP contribution in [0.5, 0.6) is 0 Å². The molecule has 0 bridgehead atoms. The predicted molar refractivity (Wildman–Crippen MR) is 58.9 cm³/mol.